The zero-order valence-electron chi connectivity index (χ0n) is 11.1. The molecule has 0 aromatic heterocycles. The summed E-state index contributed by atoms with van der Waals surface area (Å²) in [6, 6.07) is 0. The fourth-order valence-electron chi connectivity index (χ4n) is 1.14. The summed E-state index contributed by atoms with van der Waals surface area (Å²) in [4.78, 5) is 53.5. The molecular weight excluding hydrogens is 328 g/mol. The lowest BCUT2D eigenvalue weighted by atomic mass is 10.2. The van der Waals surface area contributed by atoms with Crippen molar-refractivity contribution in [3.8, 4) is 0 Å². The molecule has 0 aromatic carbocycles. The highest BCUT2D eigenvalue weighted by atomic mass is 16.6. The van der Waals surface area contributed by atoms with E-state index in [1.165, 1.54) is 0 Å². The van der Waals surface area contributed by atoms with Crippen molar-refractivity contribution in [3.63, 3.8) is 0 Å². The first-order valence-corrected chi connectivity index (χ1v) is 5.57. The molecule has 0 fully saturated rings. The van der Waals surface area contributed by atoms with Crippen LogP contribution in [-0.4, -0.2) is 91.5 Å². The third-order valence-corrected chi connectivity index (χ3v) is 2.21. The Balaban J connectivity index is 4.80. The molecule has 0 saturated heterocycles. The van der Waals surface area contributed by atoms with E-state index in [0.717, 1.165) is 0 Å². The van der Waals surface area contributed by atoms with Crippen molar-refractivity contribution in [2.75, 3.05) is 6.61 Å². The maximum atomic E-state index is 11.3. The lowest BCUT2D eigenvalue weighted by Crippen LogP contribution is -2.45. The van der Waals surface area contributed by atoms with E-state index in [9.17, 15) is 24.0 Å². The second-order valence-corrected chi connectivity index (χ2v) is 3.88. The van der Waals surface area contributed by atoms with Gasteiger partial charge in [-0.1, -0.05) is 0 Å². The number of hydrogen-bond donors (Lipinski definition) is 6. The SMILES string of the molecule is O=C(COC(C(=O)O)C(O)C(=O)O)OC(C(=O)O)C(O)C(=O)O. The van der Waals surface area contributed by atoms with E-state index in [0.29, 0.717) is 0 Å². The molecule has 0 aromatic rings. The highest BCUT2D eigenvalue weighted by Gasteiger charge is 2.37. The van der Waals surface area contributed by atoms with Gasteiger partial charge >= 0.3 is 29.8 Å². The highest BCUT2D eigenvalue weighted by Crippen LogP contribution is 2.05. The zero-order valence-corrected chi connectivity index (χ0v) is 11.1. The van der Waals surface area contributed by atoms with Gasteiger partial charge in [0.1, 0.15) is 6.61 Å². The molecular formula is C10H12O13. The topological polar surface area (TPSA) is 225 Å². The van der Waals surface area contributed by atoms with Crippen molar-refractivity contribution < 1.29 is 64.1 Å². The smallest absolute Gasteiger partial charge is 0.348 e. The van der Waals surface area contributed by atoms with Crippen LogP contribution in [0.4, 0.5) is 0 Å². The molecule has 0 saturated carbocycles. The van der Waals surface area contributed by atoms with E-state index >= 15 is 0 Å². The molecule has 13 nitrogen and oxygen atoms in total. The van der Waals surface area contributed by atoms with Gasteiger partial charge in [-0.25, -0.2) is 24.0 Å². The predicted octanol–water partition coefficient (Wildman–Crippen LogP) is -3.66. The third-order valence-electron chi connectivity index (χ3n) is 2.21. The number of aliphatic hydroxyl groups is 2. The number of aliphatic hydroxyl groups excluding tert-OH is 2. The van der Waals surface area contributed by atoms with E-state index in [4.69, 9.17) is 30.6 Å². The summed E-state index contributed by atoms with van der Waals surface area (Å²) in [7, 11) is 0. The molecule has 0 spiro atoms. The number of carboxylic acid groups (broad SMARTS) is 4. The molecule has 0 heterocycles. The molecule has 0 aliphatic heterocycles. The lowest BCUT2D eigenvalue weighted by Gasteiger charge is -2.18. The van der Waals surface area contributed by atoms with Gasteiger partial charge in [-0.2, -0.15) is 0 Å². The summed E-state index contributed by atoms with van der Waals surface area (Å²) in [6.45, 7) is -1.32. The van der Waals surface area contributed by atoms with Crippen LogP contribution in [0.3, 0.4) is 0 Å². The van der Waals surface area contributed by atoms with E-state index in [1.54, 1.807) is 0 Å². The van der Waals surface area contributed by atoms with Gasteiger partial charge in [-0.05, 0) is 0 Å². The first-order valence-electron chi connectivity index (χ1n) is 5.57. The van der Waals surface area contributed by atoms with Crippen LogP contribution in [0, 0.1) is 0 Å². The van der Waals surface area contributed by atoms with E-state index < -0.39 is 60.9 Å². The maximum absolute atomic E-state index is 11.3. The fraction of sp³-hybridized carbons (Fsp3) is 0.500. The van der Waals surface area contributed by atoms with E-state index in [1.807, 2.05) is 0 Å². The van der Waals surface area contributed by atoms with Gasteiger partial charge in [0.2, 0.25) is 6.10 Å². The van der Waals surface area contributed by atoms with Crippen LogP contribution < -0.4 is 0 Å². The third kappa shape index (κ3) is 6.25. The molecule has 4 atom stereocenters. The Morgan fingerprint density at radius 1 is 0.696 bits per heavy atom. The Labute approximate surface area is 126 Å². The minimum Gasteiger partial charge on any atom is -0.479 e. The van der Waals surface area contributed by atoms with Crippen LogP contribution in [0.5, 0.6) is 0 Å². The van der Waals surface area contributed by atoms with Gasteiger partial charge in [0, 0.05) is 0 Å². The van der Waals surface area contributed by atoms with Crippen LogP contribution in [-0.2, 0) is 33.4 Å². The summed E-state index contributed by atoms with van der Waals surface area (Å²) in [5.41, 5.74) is 0. The molecule has 0 radical (unpaired) electrons. The fourth-order valence-corrected chi connectivity index (χ4v) is 1.14. The van der Waals surface area contributed by atoms with Gasteiger partial charge in [0.25, 0.3) is 0 Å². The van der Waals surface area contributed by atoms with Crippen molar-refractivity contribution in [1.29, 1.82) is 0 Å². The van der Waals surface area contributed by atoms with Crippen LogP contribution in [0.25, 0.3) is 0 Å². The second-order valence-electron chi connectivity index (χ2n) is 3.88. The number of carboxylic acids is 4. The van der Waals surface area contributed by atoms with Crippen molar-refractivity contribution in [1.82, 2.24) is 0 Å². The number of aliphatic carboxylic acids is 4. The summed E-state index contributed by atoms with van der Waals surface area (Å²) in [6.07, 6.45) is -10.00. The van der Waals surface area contributed by atoms with Crippen molar-refractivity contribution in [2.45, 2.75) is 24.4 Å². The zero-order chi connectivity index (χ0) is 18.3. The quantitative estimate of drug-likeness (QED) is 0.211. The summed E-state index contributed by atoms with van der Waals surface area (Å²) >= 11 is 0. The summed E-state index contributed by atoms with van der Waals surface area (Å²) in [5.74, 6) is -9.52. The van der Waals surface area contributed by atoms with Gasteiger partial charge in [-0.3, -0.25) is 0 Å². The van der Waals surface area contributed by atoms with Crippen LogP contribution in [0.1, 0.15) is 0 Å². The van der Waals surface area contributed by atoms with Crippen LogP contribution >= 0.6 is 0 Å². The molecule has 0 rings (SSSR count). The maximum Gasteiger partial charge on any atom is 0.348 e. The predicted molar refractivity (Wildman–Crippen MR) is 62.2 cm³/mol. The van der Waals surface area contributed by atoms with Crippen LogP contribution in [0.2, 0.25) is 0 Å². The number of hydrogen-bond acceptors (Lipinski definition) is 9. The Kier molecular flexibility index (Phi) is 7.58. The van der Waals surface area contributed by atoms with Gasteiger partial charge in [0.15, 0.2) is 18.3 Å². The Morgan fingerprint density at radius 2 is 1.09 bits per heavy atom. The van der Waals surface area contributed by atoms with Gasteiger partial charge in [-0.15, -0.1) is 0 Å². The Hall–Kier alpha value is -2.77. The molecule has 6 N–H and O–H groups in total. The van der Waals surface area contributed by atoms with Crippen molar-refractivity contribution >= 4 is 29.8 Å². The molecule has 4 unspecified atom stereocenters. The van der Waals surface area contributed by atoms with Gasteiger partial charge in [0.05, 0.1) is 0 Å². The largest absolute Gasteiger partial charge is 0.479 e. The number of carbonyl (C=O) groups excluding carboxylic acids is 1. The monoisotopic (exact) mass is 340 g/mol. The van der Waals surface area contributed by atoms with Crippen LogP contribution in [0.15, 0.2) is 0 Å². The van der Waals surface area contributed by atoms with Crippen molar-refractivity contribution in [3.05, 3.63) is 0 Å². The molecule has 23 heavy (non-hydrogen) atoms. The summed E-state index contributed by atoms with van der Waals surface area (Å²) in [5, 5.41) is 52.2. The Morgan fingerprint density at radius 3 is 1.43 bits per heavy atom. The second kappa shape index (κ2) is 8.62. The molecule has 130 valence electrons. The molecule has 0 bridgehead atoms. The molecule has 0 amide bonds. The molecule has 13 heteroatoms. The standard InChI is InChI=1S/C10H12O13/c11-2(23-6(10(20)21)4(13)8(16)17)1-22-5(9(18)19)3(12)7(14)15/h3-6,12-13H,1H2,(H,14,15)(H,16,17)(H,18,19)(H,20,21). The first-order chi connectivity index (χ1) is 10.5. The first kappa shape index (κ1) is 20.2. The average Bonchev–Trinajstić information content (AvgIpc) is 2.42. The number of carbonyl (C=O) groups is 5. The average molecular weight is 340 g/mol. The van der Waals surface area contributed by atoms with Crippen molar-refractivity contribution in [2.24, 2.45) is 0 Å². The molecule has 0 aliphatic rings. The van der Waals surface area contributed by atoms with Gasteiger partial charge < -0.3 is 40.1 Å². The minimum absolute atomic E-state index is 1.32. The Bertz CT molecular complexity index is 497. The normalized spacial score (nSPS) is 15.7. The summed E-state index contributed by atoms with van der Waals surface area (Å²) < 4.78 is 8.37. The lowest BCUT2D eigenvalue weighted by molar-refractivity contribution is -0.186. The number of ether oxygens (including phenoxy) is 2. The van der Waals surface area contributed by atoms with E-state index in [2.05, 4.69) is 9.47 Å². The highest BCUT2D eigenvalue weighted by molar-refractivity contribution is 5.86. The number of esters is 1. The number of rotatable bonds is 10. The minimum atomic E-state index is -2.60. The van der Waals surface area contributed by atoms with E-state index in [-0.39, 0.29) is 0 Å². The molecule has 0 aliphatic carbocycles.